The fourth-order valence-electron chi connectivity index (χ4n) is 4.78. The van der Waals surface area contributed by atoms with Gasteiger partial charge in [0.05, 0.1) is 30.3 Å². The highest BCUT2D eigenvalue weighted by atomic mass is 19.1. The number of anilines is 1. The number of morpholine rings is 1. The molecule has 1 N–H and O–H groups in total. The minimum absolute atomic E-state index is 0.0255. The molecule has 4 rings (SSSR count). The van der Waals surface area contributed by atoms with Gasteiger partial charge in [0, 0.05) is 50.4 Å². The first-order valence-electron chi connectivity index (χ1n) is 11.2. The zero-order chi connectivity index (χ0) is 23.0. The van der Waals surface area contributed by atoms with Crippen LogP contribution in [0, 0.1) is 10.1 Å². The van der Waals surface area contributed by atoms with Crippen molar-refractivity contribution in [2.24, 2.45) is 0 Å². The Morgan fingerprint density at radius 1 is 1.25 bits per heavy atom. The molecule has 0 aromatic heterocycles. The van der Waals surface area contributed by atoms with Crippen LogP contribution in [0.5, 0.6) is 0 Å². The molecule has 0 aliphatic carbocycles. The molecule has 176 valence electrons. The first-order chi connectivity index (χ1) is 15.1. The summed E-state index contributed by atoms with van der Waals surface area (Å²) in [6, 6.07) is 3.49. The van der Waals surface area contributed by atoms with E-state index in [-0.39, 0.29) is 24.7 Å². The van der Waals surface area contributed by atoms with Gasteiger partial charge in [-0.3, -0.25) is 19.8 Å². The standard InChI is InChI=1S/C22H31FN4O5/c1-22(2,29)20(23)14-26-13-15-11-19(27(30)31)18(12-17(15)21(26)28)25-5-3-16(4-6-25)24-7-9-32-10-8-24/h11-12,16,20,29H,3-10,13-14H2,1-2H3. The van der Waals surface area contributed by atoms with Crippen molar-refractivity contribution in [3.05, 3.63) is 33.4 Å². The van der Waals surface area contributed by atoms with Crippen molar-refractivity contribution in [3.63, 3.8) is 0 Å². The van der Waals surface area contributed by atoms with Gasteiger partial charge < -0.3 is 19.6 Å². The van der Waals surface area contributed by atoms with Gasteiger partial charge in [0.2, 0.25) is 0 Å². The molecule has 1 amide bonds. The zero-order valence-corrected chi connectivity index (χ0v) is 18.6. The number of halogens is 1. The number of piperidine rings is 1. The molecule has 3 aliphatic rings. The van der Waals surface area contributed by atoms with E-state index in [1.807, 2.05) is 4.90 Å². The number of nitrogens with zero attached hydrogens (tertiary/aromatic N) is 4. The fraction of sp³-hybridized carbons (Fsp3) is 0.682. The van der Waals surface area contributed by atoms with Gasteiger partial charge in [-0.15, -0.1) is 0 Å². The molecule has 3 heterocycles. The molecule has 1 aromatic rings. The Bertz CT molecular complexity index is 876. The Labute approximate surface area is 186 Å². The zero-order valence-electron chi connectivity index (χ0n) is 18.6. The highest BCUT2D eigenvalue weighted by Crippen LogP contribution is 2.37. The summed E-state index contributed by atoms with van der Waals surface area (Å²) in [5.41, 5.74) is -0.247. The summed E-state index contributed by atoms with van der Waals surface area (Å²) in [5.74, 6) is -0.355. The van der Waals surface area contributed by atoms with E-state index in [4.69, 9.17) is 4.74 Å². The van der Waals surface area contributed by atoms with Gasteiger partial charge in [-0.2, -0.15) is 0 Å². The van der Waals surface area contributed by atoms with Crippen LogP contribution in [0.25, 0.3) is 0 Å². The summed E-state index contributed by atoms with van der Waals surface area (Å²) in [5, 5.41) is 21.7. The van der Waals surface area contributed by atoms with Crippen molar-refractivity contribution in [3.8, 4) is 0 Å². The monoisotopic (exact) mass is 450 g/mol. The number of alkyl halides is 1. The van der Waals surface area contributed by atoms with Crippen molar-refractivity contribution < 1.29 is 24.0 Å². The minimum atomic E-state index is -1.62. The molecular formula is C22H31FN4O5. The number of rotatable bonds is 6. The molecule has 32 heavy (non-hydrogen) atoms. The normalized spacial score (nSPS) is 21.7. The van der Waals surface area contributed by atoms with Crippen LogP contribution >= 0.6 is 0 Å². The predicted octanol–water partition coefficient (Wildman–Crippen LogP) is 1.96. The van der Waals surface area contributed by atoms with Gasteiger partial charge in [0.1, 0.15) is 11.9 Å². The Morgan fingerprint density at radius 2 is 1.91 bits per heavy atom. The van der Waals surface area contributed by atoms with Gasteiger partial charge >= 0.3 is 0 Å². The smallest absolute Gasteiger partial charge is 0.292 e. The SMILES string of the molecule is CC(C)(O)C(F)CN1Cc2cc([N+](=O)[O-])c(N3CCC(N4CCOCC4)CC3)cc2C1=O. The molecule has 2 saturated heterocycles. The number of nitro groups is 1. The van der Waals surface area contributed by atoms with Crippen LogP contribution in [0.2, 0.25) is 0 Å². The van der Waals surface area contributed by atoms with E-state index in [0.717, 1.165) is 39.1 Å². The maximum Gasteiger partial charge on any atom is 0.292 e. The first kappa shape index (κ1) is 22.9. The fourth-order valence-corrected chi connectivity index (χ4v) is 4.78. The molecule has 0 radical (unpaired) electrons. The van der Waals surface area contributed by atoms with Crippen LogP contribution in [0.4, 0.5) is 15.8 Å². The van der Waals surface area contributed by atoms with Crippen LogP contribution in [0.1, 0.15) is 42.6 Å². The third-order valence-corrected chi connectivity index (χ3v) is 6.79. The van der Waals surface area contributed by atoms with E-state index in [9.17, 15) is 24.4 Å². The Balaban J connectivity index is 1.51. The summed E-state index contributed by atoms with van der Waals surface area (Å²) in [6.07, 6.45) is 0.168. The van der Waals surface area contributed by atoms with Gasteiger partial charge in [0.25, 0.3) is 11.6 Å². The van der Waals surface area contributed by atoms with Gasteiger partial charge in [-0.25, -0.2) is 4.39 Å². The number of benzene rings is 1. The number of hydrogen-bond donors (Lipinski definition) is 1. The van der Waals surface area contributed by atoms with Crippen LogP contribution in [0.3, 0.4) is 0 Å². The lowest BCUT2D eigenvalue weighted by molar-refractivity contribution is -0.384. The maximum atomic E-state index is 14.4. The largest absolute Gasteiger partial charge is 0.387 e. The average molecular weight is 451 g/mol. The van der Waals surface area contributed by atoms with Crippen molar-refractivity contribution in [2.45, 2.75) is 51.0 Å². The van der Waals surface area contributed by atoms with Gasteiger partial charge in [0.15, 0.2) is 0 Å². The second-order valence-corrected chi connectivity index (χ2v) is 9.43. The van der Waals surface area contributed by atoms with E-state index in [1.165, 1.54) is 24.8 Å². The number of aliphatic hydroxyl groups is 1. The van der Waals surface area contributed by atoms with Crippen molar-refractivity contribution >= 4 is 17.3 Å². The maximum absolute atomic E-state index is 14.4. The summed E-state index contributed by atoms with van der Waals surface area (Å²) >= 11 is 0. The number of fused-ring (bicyclic) bond motifs is 1. The molecule has 1 aromatic carbocycles. The van der Waals surface area contributed by atoms with E-state index in [2.05, 4.69) is 4.90 Å². The lowest BCUT2D eigenvalue weighted by atomic mass is 10.0. The Morgan fingerprint density at radius 3 is 2.50 bits per heavy atom. The molecular weight excluding hydrogens is 419 g/mol. The Hall–Kier alpha value is -2.30. The summed E-state index contributed by atoms with van der Waals surface area (Å²) in [7, 11) is 0. The van der Waals surface area contributed by atoms with Crippen LogP contribution in [-0.2, 0) is 11.3 Å². The first-order valence-corrected chi connectivity index (χ1v) is 11.2. The van der Waals surface area contributed by atoms with Gasteiger partial charge in [-0.1, -0.05) is 0 Å². The molecule has 3 aliphatic heterocycles. The summed E-state index contributed by atoms with van der Waals surface area (Å²) < 4.78 is 19.8. The van der Waals surface area contributed by atoms with E-state index in [0.29, 0.717) is 35.9 Å². The highest BCUT2D eigenvalue weighted by Gasteiger charge is 2.37. The molecule has 0 spiro atoms. The topological polar surface area (TPSA) is 99.4 Å². The second-order valence-electron chi connectivity index (χ2n) is 9.43. The van der Waals surface area contributed by atoms with Crippen molar-refractivity contribution in [1.29, 1.82) is 0 Å². The molecule has 10 heteroatoms. The molecule has 0 saturated carbocycles. The summed E-state index contributed by atoms with van der Waals surface area (Å²) in [4.78, 5) is 30.0. The van der Waals surface area contributed by atoms with E-state index in [1.54, 1.807) is 6.07 Å². The number of ether oxygens (including phenoxy) is 1. The van der Waals surface area contributed by atoms with E-state index < -0.39 is 16.7 Å². The molecule has 1 unspecified atom stereocenters. The number of nitro benzene ring substituents is 1. The lowest BCUT2D eigenvalue weighted by Gasteiger charge is -2.40. The van der Waals surface area contributed by atoms with E-state index >= 15 is 0 Å². The number of carbonyl (C=O) groups excluding carboxylic acids is 1. The third kappa shape index (κ3) is 4.57. The third-order valence-electron chi connectivity index (χ3n) is 6.79. The number of carbonyl (C=O) groups is 1. The van der Waals surface area contributed by atoms with Crippen molar-refractivity contribution in [2.75, 3.05) is 50.8 Å². The Kier molecular flexibility index (Phi) is 6.37. The highest BCUT2D eigenvalue weighted by molar-refractivity contribution is 6.00. The summed E-state index contributed by atoms with van der Waals surface area (Å²) in [6.45, 7) is 7.20. The molecule has 0 bridgehead atoms. The second kappa shape index (κ2) is 8.92. The van der Waals surface area contributed by atoms with Gasteiger partial charge in [-0.05, 0) is 38.3 Å². The molecule has 2 fully saturated rings. The van der Waals surface area contributed by atoms with Crippen LogP contribution in [0.15, 0.2) is 12.1 Å². The van der Waals surface area contributed by atoms with Crippen molar-refractivity contribution in [1.82, 2.24) is 9.80 Å². The average Bonchev–Trinajstić information content (AvgIpc) is 3.07. The molecule has 1 atom stereocenters. The molecule has 9 nitrogen and oxygen atoms in total. The lowest BCUT2D eigenvalue weighted by Crippen LogP contribution is -2.49. The number of hydrogen-bond acceptors (Lipinski definition) is 7. The van der Waals surface area contributed by atoms with Crippen LogP contribution in [-0.4, -0.2) is 89.5 Å². The predicted molar refractivity (Wildman–Crippen MR) is 117 cm³/mol. The number of amides is 1. The minimum Gasteiger partial charge on any atom is -0.387 e. The quantitative estimate of drug-likeness (QED) is 0.522. The van der Waals surface area contributed by atoms with Crippen LogP contribution < -0.4 is 4.90 Å².